The van der Waals surface area contributed by atoms with Crippen LogP contribution in [-0.4, -0.2) is 20.1 Å². The Hall–Kier alpha value is -2.76. The molecule has 88 valence electrons. The van der Waals surface area contributed by atoms with E-state index < -0.39 is 0 Å². The lowest BCUT2D eigenvalue weighted by molar-refractivity contribution is 0.431. The average Bonchev–Trinajstić information content (AvgIpc) is 2.90. The fourth-order valence-corrected chi connectivity index (χ4v) is 1.54. The normalized spacial score (nSPS) is 10.4. The highest BCUT2D eigenvalue weighted by Gasteiger charge is 2.14. The van der Waals surface area contributed by atoms with Crippen LogP contribution in [0.1, 0.15) is 0 Å². The van der Waals surface area contributed by atoms with Crippen molar-refractivity contribution in [2.45, 2.75) is 0 Å². The van der Waals surface area contributed by atoms with E-state index in [0.717, 1.165) is 5.56 Å². The van der Waals surface area contributed by atoms with E-state index in [2.05, 4.69) is 20.1 Å². The highest BCUT2D eigenvalue weighted by molar-refractivity contribution is 5.64. The SMILES string of the molecule is Nc1nccnc1-c1nc(-c2ccccc2)no1. The van der Waals surface area contributed by atoms with Crippen LogP contribution in [0.25, 0.3) is 23.0 Å². The fraction of sp³-hybridized carbons (Fsp3) is 0. The Kier molecular flexibility index (Phi) is 2.45. The van der Waals surface area contributed by atoms with Crippen LogP contribution in [0, 0.1) is 0 Å². The van der Waals surface area contributed by atoms with Gasteiger partial charge in [-0.2, -0.15) is 4.98 Å². The zero-order valence-corrected chi connectivity index (χ0v) is 9.32. The zero-order valence-electron chi connectivity index (χ0n) is 9.32. The molecule has 0 saturated heterocycles. The number of nitrogens with two attached hydrogens (primary N) is 1. The Labute approximate surface area is 103 Å². The molecule has 0 bridgehead atoms. The molecule has 0 fully saturated rings. The van der Waals surface area contributed by atoms with Gasteiger partial charge in [0.25, 0.3) is 5.89 Å². The van der Waals surface area contributed by atoms with Gasteiger partial charge in [0.05, 0.1) is 0 Å². The largest absolute Gasteiger partial charge is 0.382 e. The summed E-state index contributed by atoms with van der Waals surface area (Å²) in [6, 6.07) is 9.53. The van der Waals surface area contributed by atoms with Crippen molar-refractivity contribution in [2.24, 2.45) is 0 Å². The zero-order chi connectivity index (χ0) is 12.4. The molecule has 0 amide bonds. The number of hydrogen-bond acceptors (Lipinski definition) is 6. The Balaban J connectivity index is 2.03. The van der Waals surface area contributed by atoms with Crippen molar-refractivity contribution in [1.29, 1.82) is 0 Å². The Bertz CT molecular complexity index is 665. The summed E-state index contributed by atoms with van der Waals surface area (Å²) < 4.78 is 5.14. The predicted octanol–water partition coefficient (Wildman–Crippen LogP) is 1.78. The average molecular weight is 239 g/mol. The van der Waals surface area contributed by atoms with Crippen molar-refractivity contribution >= 4 is 5.82 Å². The first-order chi connectivity index (χ1) is 8.84. The second-order valence-corrected chi connectivity index (χ2v) is 3.58. The smallest absolute Gasteiger partial charge is 0.280 e. The van der Waals surface area contributed by atoms with E-state index in [0.29, 0.717) is 11.5 Å². The Morgan fingerprint density at radius 2 is 1.78 bits per heavy atom. The summed E-state index contributed by atoms with van der Waals surface area (Å²) >= 11 is 0. The lowest BCUT2D eigenvalue weighted by atomic mass is 10.2. The minimum Gasteiger partial charge on any atom is -0.382 e. The van der Waals surface area contributed by atoms with Crippen LogP contribution >= 0.6 is 0 Å². The van der Waals surface area contributed by atoms with Crippen LogP contribution < -0.4 is 5.73 Å². The number of aromatic nitrogens is 4. The van der Waals surface area contributed by atoms with Gasteiger partial charge < -0.3 is 10.3 Å². The number of benzene rings is 1. The second kappa shape index (κ2) is 4.25. The van der Waals surface area contributed by atoms with Crippen LogP contribution in [0.4, 0.5) is 5.82 Å². The molecular formula is C12H9N5O. The number of anilines is 1. The van der Waals surface area contributed by atoms with Crippen LogP contribution in [0.2, 0.25) is 0 Å². The second-order valence-electron chi connectivity index (χ2n) is 3.58. The van der Waals surface area contributed by atoms with Crippen LogP contribution in [0.15, 0.2) is 47.2 Å². The maximum Gasteiger partial charge on any atom is 0.280 e. The molecule has 0 saturated carbocycles. The van der Waals surface area contributed by atoms with Crippen LogP contribution in [0.5, 0.6) is 0 Å². The van der Waals surface area contributed by atoms with E-state index in [1.54, 1.807) is 0 Å². The van der Waals surface area contributed by atoms with Crippen LogP contribution in [0.3, 0.4) is 0 Å². The van der Waals surface area contributed by atoms with Crippen molar-refractivity contribution in [1.82, 2.24) is 20.1 Å². The number of nitrogen functional groups attached to an aromatic ring is 1. The molecule has 0 radical (unpaired) electrons. The maximum atomic E-state index is 5.70. The third-order valence-electron chi connectivity index (χ3n) is 2.39. The minimum atomic E-state index is 0.263. The van der Waals surface area contributed by atoms with E-state index in [-0.39, 0.29) is 11.7 Å². The van der Waals surface area contributed by atoms with Gasteiger partial charge in [-0.25, -0.2) is 9.97 Å². The highest BCUT2D eigenvalue weighted by atomic mass is 16.5. The Morgan fingerprint density at radius 1 is 1.00 bits per heavy atom. The minimum absolute atomic E-state index is 0.263. The van der Waals surface area contributed by atoms with E-state index >= 15 is 0 Å². The summed E-state index contributed by atoms with van der Waals surface area (Å²) in [5.74, 6) is 1.02. The van der Waals surface area contributed by atoms with Crippen molar-refractivity contribution < 1.29 is 4.52 Å². The predicted molar refractivity (Wildman–Crippen MR) is 65.2 cm³/mol. The van der Waals surface area contributed by atoms with Gasteiger partial charge in [0.2, 0.25) is 5.82 Å². The molecule has 0 aliphatic carbocycles. The van der Waals surface area contributed by atoms with Gasteiger partial charge in [-0.05, 0) is 0 Å². The number of nitrogens with zero attached hydrogens (tertiary/aromatic N) is 4. The Morgan fingerprint density at radius 3 is 2.56 bits per heavy atom. The molecule has 2 N–H and O–H groups in total. The molecule has 2 heterocycles. The molecule has 3 aromatic rings. The first-order valence-corrected chi connectivity index (χ1v) is 5.30. The molecule has 18 heavy (non-hydrogen) atoms. The lowest BCUT2D eigenvalue weighted by Crippen LogP contribution is -1.96. The summed E-state index contributed by atoms with van der Waals surface area (Å²) in [7, 11) is 0. The molecule has 6 nitrogen and oxygen atoms in total. The van der Waals surface area contributed by atoms with E-state index in [1.165, 1.54) is 12.4 Å². The summed E-state index contributed by atoms with van der Waals surface area (Å²) in [6.07, 6.45) is 3.03. The van der Waals surface area contributed by atoms with Gasteiger partial charge in [0, 0.05) is 18.0 Å². The van der Waals surface area contributed by atoms with Gasteiger partial charge in [0.1, 0.15) is 0 Å². The molecule has 0 unspecified atom stereocenters. The van der Waals surface area contributed by atoms with Gasteiger partial charge in [-0.1, -0.05) is 35.5 Å². The summed E-state index contributed by atoms with van der Waals surface area (Å²) in [4.78, 5) is 12.2. The fourth-order valence-electron chi connectivity index (χ4n) is 1.54. The maximum absolute atomic E-state index is 5.70. The lowest BCUT2D eigenvalue weighted by Gasteiger charge is -1.95. The molecule has 1 aromatic carbocycles. The summed E-state index contributed by atoms with van der Waals surface area (Å²) in [5.41, 5.74) is 6.97. The van der Waals surface area contributed by atoms with Crippen LogP contribution in [-0.2, 0) is 0 Å². The molecule has 0 spiro atoms. The summed E-state index contributed by atoms with van der Waals surface area (Å²) in [5, 5.41) is 3.89. The standard InChI is InChI=1S/C12H9N5O/c13-10-9(14-6-7-15-10)12-16-11(17-18-12)8-4-2-1-3-5-8/h1-7H,(H2,13,15). The van der Waals surface area contributed by atoms with Crippen molar-refractivity contribution in [3.8, 4) is 23.0 Å². The van der Waals surface area contributed by atoms with Gasteiger partial charge in [-0.3, -0.25) is 0 Å². The first-order valence-electron chi connectivity index (χ1n) is 5.30. The van der Waals surface area contributed by atoms with Gasteiger partial charge >= 0.3 is 0 Å². The van der Waals surface area contributed by atoms with Gasteiger partial charge in [-0.15, -0.1) is 0 Å². The number of hydrogen-bond donors (Lipinski definition) is 1. The molecule has 0 aliphatic heterocycles. The summed E-state index contributed by atoms with van der Waals surface area (Å²) in [6.45, 7) is 0. The molecule has 2 aromatic heterocycles. The highest BCUT2D eigenvalue weighted by Crippen LogP contribution is 2.22. The molecule has 0 atom stereocenters. The number of rotatable bonds is 2. The first kappa shape index (κ1) is 10.4. The van der Waals surface area contributed by atoms with Crippen molar-refractivity contribution in [3.63, 3.8) is 0 Å². The van der Waals surface area contributed by atoms with Crippen molar-refractivity contribution in [3.05, 3.63) is 42.7 Å². The van der Waals surface area contributed by atoms with E-state index in [4.69, 9.17) is 10.3 Å². The molecule has 0 aliphatic rings. The third kappa shape index (κ3) is 1.80. The topological polar surface area (TPSA) is 90.7 Å². The molecule has 6 heteroatoms. The van der Waals surface area contributed by atoms with E-state index in [9.17, 15) is 0 Å². The van der Waals surface area contributed by atoms with E-state index in [1.807, 2.05) is 30.3 Å². The van der Waals surface area contributed by atoms with Crippen molar-refractivity contribution in [2.75, 3.05) is 5.73 Å². The van der Waals surface area contributed by atoms with Gasteiger partial charge in [0.15, 0.2) is 11.5 Å². The molecular weight excluding hydrogens is 230 g/mol. The molecule has 3 rings (SSSR count). The quantitative estimate of drug-likeness (QED) is 0.732. The third-order valence-corrected chi connectivity index (χ3v) is 2.39. The monoisotopic (exact) mass is 239 g/mol.